The standard InChI is InChI=1S/C10H19BrN4/c1-8-10(11)9(15(3)13-8)7-14(2)6-4-5-12/h4-7,12H2,1-3H3. The van der Waals surface area contributed by atoms with Crippen LogP contribution in [-0.2, 0) is 13.6 Å². The number of aromatic nitrogens is 2. The number of nitrogens with zero attached hydrogens (tertiary/aromatic N) is 3. The fraction of sp³-hybridized carbons (Fsp3) is 0.700. The third-order valence-corrected chi connectivity index (χ3v) is 3.46. The maximum Gasteiger partial charge on any atom is 0.0739 e. The normalized spacial score (nSPS) is 11.3. The number of hydrogen-bond acceptors (Lipinski definition) is 3. The summed E-state index contributed by atoms with van der Waals surface area (Å²) in [6.07, 6.45) is 1.03. The lowest BCUT2D eigenvalue weighted by molar-refractivity contribution is 0.314. The number of aryl methyl sites for hydroxylation is 2. The molecule has 0 bridgehead atoms. The van der Waals surface area contributed by atoms with E-state index in [9.17, 15) is 0 Å². The first-order chi connectivity index (χ1) is 7.06. The van der Waals surface area contributed by atoms with E-state index in [2.05, 4.69) is 33.0 Å². The van der Waals surface area contributed by atoms with E-state index >= 15 is 0 Å². The average molecular weight is 275 g/mol. The lowest BCUT2D eigenvalue weighted by Gasteiger charge is -2.16. The molecule has 0 aliphatic heterocycles. The Morgan fingerprint density at radius 3 is 2.67 bits per heavy atom. The van der Waals surface area contributed by atoms with Crippen LogP contribution in [0, 0.1) is 6.92 Å². The van der Waals surface area contributed by atoms with Crippen LogP contribution in [0.15, 0.2) is 4.47 Å². The molecule has 0 amide bonds. The van der Waals surface area contributed by atoms with E-state index in [1.807, 2.05) is 18.7 Å². The highest BCUT2D eigenvalue weighted by molar-refractivity contribution is 9.10. The third-order valence-electron chi connectivity index (χ3n) is 2.43. The molecule has 0 spiro atoms. The predicted octanol–water partition coefficient (Wildman–Crippen LogP) is 1.27. The maximum absolute atomic E-state index is 5.48. The maximum atomic E-state index is 5.48. The third kappa shape index (κ3) is 3.29. The van der Waals surface area contributed by atoms with Gasteiger partial charge >= 0.3 is 0 Å². The summed E-state index contributed by atoms with van der Waals surface area (Å²) in [5.74, 6) is 0. The van der Waals surface area contributed by atoms with Crippen molar-refractivity contribution >= 4 is 15.9 Å². The summed E-state index contributed by atoms with van der Waals surface area (Å²) < 4.78 is 3.04. The van der Waals surface area contributed by atoms with Crippen molar-refractivity contribution in [1.82, 2.24) is 14.7 Å². The molecular weight excluding hydrogens is 256 g/mol. The van der Waals surface area contributed by atoms with Gasteiger partial charge in [0.25, 0.3) is 0 Å². The van der Waals surface area contributed by atoms with Crippen LogP contribution in [-0.4, -0.2) is 34.8 Å². The van der Waals surface area contributed by atoms with Gasteiger partial charge in [0, 0.05) is 13.6 Å². The molecule has 4 nitrogen and oxygen atoms in total. The molecule has 2 N–H and O–H groups in total. The smallest absolute Gasteiger partial charge is 0.0739 e. The molecule has 15 heavy (non-hydrogen) atoms. The van der Waals surface area contributed by atoms with Crippen LogP contribution in [0.4, 0.5) is 0 Å². The number of halogens is 1. The van der Waals surface area contributed by atoms with Gasteiger partial charge in [-0.1, -0.05) is 0 Å². The molecule has 0 saturated heterocycles. The Morgan fingerprint density at radius 1 is 1.53 bits per heavy atom. The largest absolute Gasteiger partial charge is 0.330 e. The molecule has 1 aromatic rings. The molecule has 0 radical (unpaired) electrons. The second-order valence-electron chi connectivity index (χ2n) is 3.85. The van der Waals surface area contributed by atoms with Crippen LogP contribution in [0.3, 0.4) is 0 Å². The van der Waals surface area contributed by atoms with Crippen LogP contribution in [0.1, 0.15) is 17.8 Å². The summed E-state index contributed by atoms with van der Waals surface area (Å²) in [7, 11) is 4.08. The highest BCUT2D eigenvalue weighted by Crippen LogP contribution is 2.21. The number of hydrogen-bond donors (Lipinski definition) is 1. The van der Waals surface area contributed by atoms with Crippen molar-refractivity contribution in [2.75, 3.05) is 20.1 Å². The first-order valence-electron chi connectivity index (χ1n) is 5.12. The van der Waals surface area contributed by atoms with E-state index in [0.717, 1.165) is 36.2 Å². The lowest BCUT2D eigenvalue weighted by atomic mass is 10.3. The Morgan fingerprint density at radius 2 is 2.20 bits per heavy atom. The van der Waals surface area contributed by atoms with E-state index in [-0.39, 0.29) is 0 Å². The Labute approximate surface area is 99.6 Å². The molecule has 86 valence electrons. The van der Waals surface area contributed by atoms with Gasteiger partial charge in [-0.25, -0.2) is 0 Å². The van der Waals surface area contributed by atoms with Gasteiger partial charge in [-0.2, -0.15) is 5.10 Å². The zero-order valence-corrected chi connectivity index (χ0v) is 11.2. The lowest BCUT2D eigenvalue weighted by Crippen LogP contribution is -2.22. The summed E-state index contributed by atoms with van der Waals surface area (Å²) >= 11 is 3.56. The molecule has 0 aromatic carbocycles. The molecule has 5 heteroatoms. The van der Waals surface area contributed by atoms with Gasteiger partial charge < -0.3 is 10.6 Å². The fourth-order valence-corrected chi connectivity index (χ4v) is 2.01. The topological polar surface area (TPSA) is 47.1 Å². The molecule has 1 rings (SSSR count). The number of nitrogens with two attached hydrogens (primary N) is 1. The molecule has 1 heterocycles. The van der Waals surface area contributed by atoms with E-state index in [1.54, 1.807) is 0 Å². The van der Waals surface area contributed by atoms with Crippen LogP contribution in [0.2, 0.25) is 0 Å². The van der Waals surface area contributed by atoms with Gasteiger partial charge in [0.1, 0.15) is 0 Å². The van der Waals surface area contributed by atoms with Gasteiger partial charge in [-0.05, 0) is 49.4 Å². The van der Waals surface area contributed by atoms with Crippen molar-refractivity contribution in [3.05, 3.63) is 15.9 Å². The van der Waals surface area contributed by atoms with E-state index in [4.69, 9.17) is 5.73 Å². The van der Waals surface area contributed by atoms with E-state index < -0.39 is 0 Å². The molecule has 0 fully saturated rings. The van der Waals surface area contributed by atoms with Gasteiger partial charge in [0.2, 0.25) is 0 Å². The van der Waals surface area contributed by atoms with Crippen molar-refractivity contribution in [2.24, 2.45) is 12.8 Å². The molecule has 0 saturated carbocycles. The van der Waals surface area contributed by atoms with Crippen molar-refractivity contribution in [2.45, 2.75) is 19.9 Å². The monoisotopic (exact) mass is 274 g/mol. The minimum absolute atomic E-state index is 0.746. The molecule has 0 unspecified atom stereocenters. The van der Waals surface area contributed by atoms with Gasteiger partial charge in [-0.15, -0.1) is 0 Å². The minimum Gasteiger partial charge on any atom is -0.330 e. The second kappa shape index (κ2) is 5.63. The fourth-order valence-electron chi connectivity index (χ4n) is 1.55. The van der Waals surface area contributed by atoms with Gasteiger partial charge in [0.15, 0.2) is 0 Å². The van der Waals surface area contributed by atoms with Crippen molar-refractivity contribution < 1.29 is 0 Å². The van der Waals surface area contributed by atoms with Crippen LogP contribution >= 0.6 is 15.9 Å². The Balaban J connectivity index is 2.63. The predicted molar refractivity (Wildman–Crippen MR) is 65.7 cm³/mol. The molecule has 1 aromatic heterocycles. The average Bonchev–Trinajstić information content (AvgIpc) is 2.42. The van der Waals surface area contributed by atoms with Crippen LogP contribution < -0.4 is 5.73 Å². The molecule has 0 atom stereocenters. The van der Waals surface area contributed by atoms with Crippen molar-refractivity contribution in [1.29, 1.82) is 0 Å². The highest BCUT2D eigenvalue weighted by Gasteiger charge is 2.11. The summed E-state index contributed by atoms with van der Waals surface area (Å²) in [6.45, 7) is 4.68. The Bertz CT molecular complexity index is 321. The zero-order chi connectivity index (χ0) is 11.4. The zero-order valence-electron chi connectivity index (χ0n) is 9.63. The summed E-state index contributed by atoms with van der Waals surface area (Å²) in [5, 5.41) is 4.36. The first kappa shape index (κ1) is 12.7. The van der Waals surface area contributed by atoms with Gasteiger partial charge in [-0.3, -0.25) is 4.68 Å². The van der Waals surface area contributed by atoms with Crippen molar-refractivity contribution in [3.63, 3.8) is 0 Å². The van der Waals surface area contributed by atoms with Crippen LogP contribution in [0.25, 0.3) is 0 Å². The van der Waals surface area contributed by atoms with Crippen LogP contribution in [0.5, 0.6) is 0 Å². The number of rotatable bonds is 5. The SMILES string of the molecule is Cc1nn(C)c(CN(C)CCCN)c1Br. The second-order valence-corrected chi connectivity index (χ2v) is 4.64. The van der Waals surface area contributed by atoms with Gasteiger partial charge in [0.05, 0.1) is 15.9 Å². The summed E-state index contributed by atoms with van der Waals surface area (Å²) in [4.78, 5) is 2.26. The first-order valence-corrected chi connectivity index (χ1v) is 5.92. The minimum atomic E-state index is 0.746. The quantitative estimate of drug-likeness (QED) is 0.880. The highest BCUT2D eigenvalue weighted by atomic mass is 79.9. The van der Waals surface area contributed by atoms with E-state index in [0.29, 0.717) is 0 Å². The summed E-state index contributed by atoms with van der Waals surface area (Å²) in [6, 6.07) is 0. The molecule has 0 aliphatic rings. The molecule has 0 aliphatic carbocycles. The Kier molecular flexibility index (Phi) is 4.76. The summed E-state index contributed by atoms with van der Waals surface area (Å²) in [5.41, 5.74) is 7.74. The Hall–Kier alpha value is -0.390. The molecular formula is C10H19BrN4. The van der Waals surface area contributed by atoms with E-state index in [1.165, 1.54) is 5.69 Å². The van der Waals surface area contributed by atoms with Crippen molar-refractivity contribution in [3.8, 4) is 0 Å².